The van der Waals surface area contributed by atoms with Crippen LogP contribution in [0.5, 0.6) is 0 Å². The van der Waals surface area contributed by atoms with Crippen molar-refractivity contribution in [1.29, 1.82) is 0 Å². The highest BCUT2D eigenvalue weighted by Gasteiger charge is 2.41. The summed E-state index contributed by atoms with van der Waals surface area (Å²) in [7, 11) is 0. The Kier molecular flexibility index (Phi) is 4.11. The topological polar surface area (TPSA) is 62.2 Å². The van der Waals surface area contributed by atoms with E-state index in [1.807, 2.05) is 6.92 Å². The van der Waals surface area contributed by atoms with Crippen LogP contribution in [0.3, 0.4) is 0 Å². The summed E-state index contributed by atoms with van der Waals surface area (Å²) in [4.78, 5) is 14.5. The summed E-state index contributed by atoms with van der Waals surface area (Å²) in [6, 6.07) is 1.63. The van der Waals surface area contributed by atoms with Gasteiger partial charge in [-0.25, -0.2) is 9.78 Å². The van der Waals surface area contributed by atoms with Gasteiger partial charge in [-0.05, 0) is 36.8 Å². The molecule has 1 aliphatic rings. The molecule has 4 nitrogen and oxygen atoms in total. The number of carboxylic acids is 1. The van der Waals surface area contributed by atoms with E-state index in [-0.39, 0.29) is 16.8 Å². The SMILES string of the molecule is CCCC1(CNc2nc(C(F)(F)F)ccc2C(=O)O)CC1. The quantitative estimate of drug-likeness (QED) is 0.839. The van der Waals surface area contributed by atoms with Crippen LogP contribution in [0.25, 0.3) is 0 Å². The first kappa shape index (κ1) is 15.6. The first-order chi connectivity index (χ1) is 9.77. The van der Waals surface area contributed by atoms with Crippen molar-refractivity contribution >= 4 is 11.8 Å². The third kappa shape index (κ3) is 3.65. The zero-order valence-electron chi connectivity index (χ0n) is 11.6. The van der Waals surface area contributed by atoms with E-state index in [9.17, 15) is 18.0 Å². The lowest BCUT2D eigenvalue weighted by Gasteiger charge is -2.17. The number of hydrogen-bond donors (Lipinski definition) is 2. The van der Waals surface area contributed by atoms with Crippen molar-refractivity contribution in [3.8, 4) is 0 Å². The molecule has 0 bridgehead atoms. The lowest BCUT2D eigenvalue weighted by atomic mass is 10.0. The predicted octanol–water partition coefficient (Wildman–Crippen LogP) is 3.79. The minimum atomic E-state index is -4.59. The zero-order valence-corrected chi connectivity index (χ0v) is 11.6. The van der Waals surface area contributed by atoms with Crippen LogP contribution >= 0.6 is 0 Å². The van der Waals surface area contributed by atoms with Crippen molar-refractivity contribution in [2.45, 2.75) is 38.8 Å². The average molecular weight is 302 g/mol. The Bertz CT molecular complexity index is 540. The molecule has 0 aromatic carbocycles. The molecule has 116 valence electrons. The molecule has 1 fully saturated rings. The van der Waals surface area contributed by atoms with E-state index >= 15 is 0 Å². The fourth-order valence-electron chi connectivity index (χ4n) is 2.42. The van der Waals surface area contributed by atoms with Crippen LogP contribution in [0.1, 0.15) is 48.7 Å². The summed E-state index contributed by atoms with van der Waals surface area (Å²) in [5, 5.41) is 11.8. The van der Waals surface area contributed by atoms with E-state index in [0.29, 0.717) is 12.6 Å². The Morgan fingerprint density at radius 3 is 2.57 bits per heavy atom. The number of aromatic carboxylic acids is 1. The van der Waals surface area contributed by atoms with Crippen LogP contribution in [0.15, 0.2) is 12.1 Å². The maximum Gasteiger partial charge on any atom is 0.433 e. The van der Waals surface area contributed by atoms with Gasteiger partial charge in [0.2, 0.25) is 0 Å². The van der Waals surface area contributed by atoms with E-state index in [1.54, 1.807) is 0 Å². The van der Waals surface area contributed by atoms with Gasteiger partial charge in [-0.1, -0.05) is 13.3 Å². The first-order valence-corrected chi connectivity index (χ1v) is 6.83. The summed E-state index contributed by atoms with van der Waals surface area (Å²) in [5.41, 5.74) is -1.24. The number of nitrogens with zero attached hydrogens (tertiary/aromatic N) is 1. The number of hydrogen-bond acceptors (Lipinski definition) is 3. The molecular formula is C14H17F3N2O2. The highest BCUT2D eigenvalue weighted by molar-refractivity contribution is 5.93. The average Bonchev–Trinajstić information content (AvgIpc) is 3.15. The van der Waals surface area contributed by atoms with Crippen molar-refractivity contribution in [3.05, 3.63) is 23.4 Å². The van der Waals surface area contributed by atoms with Gasteiger partial charge in [0.1, 0.15) is 17.1 Å². The third-order valence-corrected chi connectivity index (χ3v) is 3.78. The van der Waals surface area contributed by atoms with E-state index in [0.717, 1.165) is 31.7 Å². The number of rotatable bonds is 6. The third-order valence-electron chi connectivity index (χ3n) is 3.78. The minimum absolute atomic E-state index is 0.0838. The molecule has 0 atom stereocenters. The van der Waals surface area contributed by atoms with Crippen molar-refractivity contribution in [2.75, 3.05) is 11.9 Å². The largest absolute Gasteiger partial charge is 0.478 e. The fourth-order valence-corrected chi connectivity index (χ4v) is 2.42. The second-order valence-corrected chi connectivity index (χ2v) is 5.50. The fraction of sp³-hybridized carbons (Fsp3) is 0.571. The molecule has 0 spiro atoms. The molecule has 0 amide bonds. The number of alkyl halides is 3. The highest BCUT2D eigenvalue weighted by atomic mass is 19.4. The molecule has 1 saturated carbocycles. The summed E-state index contributed by atoms with van der Waals surface area (Å²) < 4.78 is 38.0. The first-order valence-electron chi connectivity index (χ1n) is 6.83. The number of halogens is 3. The predicted molar refractivity (Wildman–Crippen MR) is 71.3 cm³/mol. The van der Waals surface area contributed by atoms with Crippen LogP contribution in [0, 0.1) is 5.41 Å². The number of aromatic nitrogens is 1. The van der Waals surface area contributed by atoms with Crippen molar-refractivity contribution in [2.24, 2.45) is 5.41 Å². The molecule has 1 aliphatic carbocycles. The highest BCUT2D eigenvalue weighted by Crippen LogP contribution is 2.49. The van der Waals surface area contributed by atoms with Crippen molar-refractivity contribution in [1.82, 2.24) is 4.98 Å². The van der Waals surface area contributed by atoms with Gasteiger partial charge < -0.3 is 10.4 Å². The van der Waals surface area contributed by atoms with Crippen LogP contribution < -0.4 is 5.32 Å². The normalized spacial score (nSPS) is 16.6. The van der Waals surface area contributed by atoms with Gasteiger partial charge in [0, 0.05) is 6.54 Å². The molecule has 2 N–H and O–H groups in total. The molecule has 0 saturated heterocycles. The number of carbonyl (C=O) groups is 1. The molecule has 2 rings (SSSR count). The minimum Gasteiger partial charge on any atom is -0.478 e. The number of anilines is 1. The molecule has 0 aliphatic heterocycles. The summed E-state index contributed by atoms with van der Waals surface area (Å²) >= 11 is 0. The van der Waals surface area contributed by atoms with Crippen LogP contribution in [-0.4, -0.2) is 22.6 Å². The maximum atomic E-state index is 12.7. The van der Waals surface area contributed by atoms with Gasteiger partial charge in [0.15, 0.2) is 0 Å². The lowest BCUT2D eigenvalue weighted by Crippen LogP contribution is -2.19. The second-order valence-electron chi connectivity index (χ2n) is 5.50. The summed E-state index contributed by atoms with van der Waals surface area (Å²) in [5.74, 6) is -1.50. The standard InChI is InChI=1S/C14H17F3N2O2/c1-2-5-13(6-7-13)8-18-11-9(12(20)21)3-4-10(19-11)14(15,16)17/h3-4H,2,5-8H2,1H3,(H,18,19)(H,20,21). The number of nitrogens with one attached hydrogen (secondary N) is 1. The van der Waals surface area contributed by atoms with Gasteiger partial charge >= 0.3 is 12.1 Å². The lowest BCUT2D eigenvalue weighted by molar-refractivity contribution is -0.141. The number of pyridine rings is 1. The van der Waals surface area contributed by atoms with Crippen molar-refractivity contribution in [3.63, 3.8) is 0 Å². The Morgan fingerprint density at radius 1 is 1.43 bits per heavy atom. The van der Waals surface area contributed by atoms with Gasteiger partial charge in [-0.2, -0.15) is 13.2 Å². The van der Waals surface area contributed by atoms with E-state index < -0.39 is 17.8 Å². The van der Waals surface area contributed by atoms with Crippen molar-refractivity contribution < 1.29 is 23.1 Å². The molecule has 0 radical (unpaired) electrons. The van der Waals surface area contributed by atoms with Crippen LogP contribution in [0.4, 0.5) is 19.0 Å². The monoisotopic (exact) mass is 302 g/mol. The van der Waals surface area contributed by atoms with Gasteiger partial charge in [0.05, 0.1) is 0 Å². The van der Waals surface area contributed by atoms with Crippen LogP contribution in [0.2, 0.25) is 0 Å². The summed E-state index contributed by atoms with van der Waals surface area (Å²) in [6.45, 7) is 2.50. The molecule has 1 aromatic heterocycles. The maximum absolute atomic E-state index is 12.7. The Hall–Kier alpha value is -1.79. The Morgan fingerprint density at radius 2 is 2.10 bits per heavy atom. The zero-order chi connectivity index (χ0) is 15.7. The van der Waals surface area contributed by atoms with E-state index in [2.05, 4.69) is 10.3 Å². The molecular weight excluding hydrogens is 285 g/mol. The second kappa shape index (κ2) is 5.54. The van der Waals surface area contributed by atoms with Gasteiger partial charge in [-0.3, -0.25) is 0 Å². The molecule has 21 heavy (non-hydrogen) atoms. The molecule has 1 heterocycles. The van der Waals surface area contributed by atoms with E-state index in [1.165, 1.54) is 0 Å². The Labute approximate surface area is 120 Å². The Balaban J connectivity index is 2.21. The molecule has 1 aromatic rings. The molecule has 7 heteroatoms. The number of carboxylic acid groups (broad SMARTS) is 1. The van der Waals surface area contributed by atoms with Gasteiger partial charge in [-0.15, -0.1) is 0 Å². The van der Waals surface area contributed by atoms with Crippen LogP contribution in [-0.2, 0) is 6.18 Å². The van der Waals surface area contributed by atoms with Gasteiger partial charge in [0.25, 0.3) is 0 Å². The summed E-state index contributed by atoms with van der Waals surface area (Å²) in [6.07, 6.45) is -0.608. The smallest absolute Gasteiger partial charge is 0.433 e. The molecule has 0 unspecified atom stereocenters. The van der Waals surface area contributed by atoms with E-state index in [4.69, 9.17) is 5.11 Å².